The molecular formula is C30H35ClFN7OS. The largest absolute Gasteiger partial charge is 0.369 e. The van der Waals surface area contributed by atoms with E-state index in [0.29, 0.717) is 39.8 Å². The Labute approximate surface area is 247 Å². The van der Waals surface area contributed by atoms with Crippen LogP contribution in [0.25, 0.3) is 22.2 Å². The SMILES string of the molecule is CCS(=O)n1cc(-c2nc(Nc3ccc(N4CCC(N5CCN(C)CC5)CC4)c(F)c3)ncc2Cl)c2ccccc21. The monoisotopic (exact) mass is 595 g/mol. The van der Waals surface area contributed by atoms with Crippen LogP contribution in [0.3, 0.4) is 0 Å². The third-order valence-corrected chi connectivity index (χ3v) is 9.72. The van der Waals surface area contributed by atoms with Gasteiger partial charge in [0.25, 0.3) is 0 Å². The Hall–Kier alpha value is -3.05. The van der Waals surface area contributed by atoms with Gasteiger partial charge < -0.3 is 15.1 Å². The first kappa shape index (κ1) is 28.1. The van der Waals surface area contributed by atoms with E-state index in [9.17, 15) is 4.21 Å². The molecule has 0 spiro atoms. The number of para-hydroxylation sites is 1. The van der Waals surface area contributed by atoms with Gasteiger partial charge in [0, 0.05) is 73.9 Å². The van der Waals surface area contributed by atoms with Crippen LogP contribution in [0, 0.1) is 5.82 Å². The number of hydrogen-bond donors (Lipinski definition) is 1. The highest BCUT2D eigenvalue weighted by Gasteiger charge is 2.27. The molecule has 0 radical (unpaired) electrons. The standard InChI is InChI=1S/C30H35ClFN7OS/c1-3-41(40)39-20-24(23-6-4-5-7-27(23)39)29-25(31)19-33-30(35-29)34-21-8-9-28(26(32)18-21)38-12-10-22(11-13-38)37-16-14-36(2)15-17-37/h4-9,18-20,22H,3,10-17H2,1-2H3,(H,33,34,35). The van der Waals surface area contributed by atoms with Crippen molar-refractivity contribution in [2.24, 2.45) is 0 Å². The summed E-state index contributed by atoms with van der Waals surface area (Å²) < 4.78 is 29.8. The van der Waals surface area contributed by atoms with Crippen LogP contribution in [-0.2, 0) is 11.0 Å². The maximum absolute atomic E-state index is 15.3. The molecule has 11 heteroatoms. The highest BCUT2D eigenvalue weighted by molar-refractivity contribution is 7.83. The number of aromatic nitrogens is 3. The van der Waals surface area contributed by atoms with Gasteiger partial charge in [-0.3, -0.25) is 8.87 Å². The molecule has 2 fully saturated rings. The van der Waals surface area contributed by atoms with Gasteiger partial charge in [-0.05, 0) is 44.2 Å². The van der Waals surface area contributed by atoms with Crippen molar-refractivity contribution in [3.05, 3.63) is 65.7 Å². The van der Waals surface area contributed by atoms with Crippen LogP contribution >= 0.6 is 11.6 Å². The third-order valence-electron chi connectivity index (χ3n) is 8.21. The van der Waals surface area contributed by atoms with Crippen LogP contribution in [0.4, 0.5) is 21.7 Å². The molecular weight excluding hydrogens is 561 g/mol. The molecule has 0 saturated carbocycles. The minimum absolute atomic E-state index is 0.271. The third kappa shape index (κ3) is 5.83. The molecule has 41 heavy (non-hydrogen) atoms. The van der Waals surface area contributed by atoms with Crippen molar-refractivity contribution >= 4 is 50.8 Å². The van der Waals surface area contributed by atoms with Crippen molar-refractivity contribution in [3.8, 4) is 11.3 Å². The number of nitrogens with one attached hydrogen (secondary N) is 1. The van der Waals surface area contributed by atoms with Crippen LogP contribution in [0.5, 0.6) is 0 Å². The Morgan fingerprint density at radius 1 is 1.07 bits per heavy atom. The van der Waals surface area contributed by atoms with E-state index in [1.54, 1.807) is 3.97 Å². The lowest BCUT2D eigenvalue weighted by Crippen LogP contribution is -2.52. The molecule has 4 aromatic rings. The summed E-state index contributed by atoms with van der Waals surface area (Å²) in [5.74, 6) is 0.517. The lowest BCUT2D eigenvalue weighted by Gasteiger charge is -2.42. The van der Waals surface area contributed by atoms with Gasteiger partial charge in [0.1, 0.15) is 16.8 Å². The summed E-state index contributed by atoms with van der Waals surface area (Å²) in [7, 11) is 0.968. The van der Waals surface area contributed by atoms with Gasteiger partial charge in [0.15, 0.2) is 0 Å². The molecule has 6 rings (SSSR count). The predicted molar refractivity (Wildman–Crippen MR) is 166 cm³/mol. The Kier molecular flexibility index (Phi) is 8.26. The number of rotatable bonds is 7. The summed E-state index contributed by atoms with van der Waals surface area (Å²) in [5, 5.41) is 4.41. The molecule has 1 atom stereocenters. The normalized spacial score (nSPS) is 18.2. The molecule has 4 heterocycles. The van der Waals surface area contributed by atoms with E-state index in [2.05, 4.69) is 37.0 Å². The summed E-state index contributed by atoms with van der Waals surface area (Å²) in [4.78, 5) is 16.1. The van der Waals surface area contributed by atoms with Gasteiger partial charge in [0.2, 0.25) is 5.95 Å². The van der Waals surface area contributed by atoms with Crippen molar-refractivity contribution in [3.63, 3.8) is 0 Å². The number of fused-ring (bicyclic) bond motifs is 1. The van der Waals surface area contributed by atoms with Crippen LogP contribution < -0.4 is 10.2 Å². The topological polar surface area (TPSA) is 69.5 Å². The molecule has 2 aromatic carbocycles. The first-order chi connectivity index (χ1) is 19.9. The highest BCUT2D eigenvalue weighted by atomic mass is 35.5. The number of benzene rings is 2. The maximum Gasteiger partial charge on any atom is 0.227 e. The average Bonchev–Trinajstić information content (AvgIpc) is 3.38. The molecule has 8 nitrogen and oxygen atoms in total. The fourth-order valence-corrected chi connectivity index (χ4v) is 6.96. The second-order valence-electron chi connectivity index (χ2n) is 10.7. The first-order valence-electron chi connectivity index (χ1n) is 14.2. The van der Waals surface area contributed by atoms with Crippen LogP contribution in [0.2, 0.25) is 5.02 Å². The van der Waals surface area contributed by atoms with E-state index in [4.69, 9.17) is 11.6 Å². The van der Waals surface area contributed by atoms with Gasteiger partial charge in [0.05, 0.1) is 28.1 Å². The molecule has 1 N–H and O–H groups in total. The van der Waals surface area contributed by atoms with Crippen LogP contribution in [0.15, 0.2) is 54.9 Å². The van der Waals surface area contributed by atoms with E-state index in [0.717, 1.165) is 68.6 Å². The van der Waals surface area contributed by atoms with Crippen molar-refractivity contribution in [2.45, 2.75) is 25.8 Å². The van der Waals surface area contributed by atoms with Crippen LogP contribution in [-0.4, -0.2) is 86.1 Å². The van der Waals surface area contributed by atoms with E-state index in [-0.39, 0.29) is 5.82 Å². The quantitative estimate of drug-likeness (QED) is 0.307. The Balaban J connectivity index is 1.18. The van der Waals surface area contributed by atoms with Crippen molar-refractivity contribution < 1.29 is 8.60 Å². The van der Waals surface area contributed by atoms with Crippen LogP contribution in [0.1, 0.15) is 19.8 Å². The van der Waals surface area contributed by atoms with E-state index >= 15 is 4.39 Å². The Morgan fingerprint density at radius 3 is 2.56 bits per heavy atom. The summed E-state index contributed by atoms with van der Waals surface area (Å²) in [6, 6.07) is 13.5. The number of nitrogens with zero attached hydrogens (tertiary/aromatic N) is 6. The van der Waals surface area contributed by atoms with Gasteiger partial charge in [-0.2, -0.15) is 0 Å². The lowest BCUT2D eigenvalue weighted by molar-refractivity contribution is 0.0981. The Morgan fingerprint density at radius 2 is 1.83 bits per heavy atom. The van der Waals surface area contributed by atoms with E-state index < -0.39 is 11.0 Å². The smallest absolute Gasteiger partial charge is 0.227 e. The zero-order valence-electron chi connectivity index (χ0n) is 23.4. The zero-order chi connectivity index (χ0) is 28.5. The van der Waals surface area contributed by atoms with Gasteiger partial charge >= 0.3 is 0 Å². The maximum atomic E-state index is 15.3. The summed E-state index contributed by atoms with van der Waals surface area (Å²) in [5.41, 5.74) is 3.31. The molecule has 2 aliphatic rings. The molecule has 2 saturated heterocycles. The summed E-state index contributed by atoms with van der Waals surface area (Å²) in [6.07, 6.45) is 5.45. The highest BCUT2D eigenvalue weighted by Crippen LogP contribution is 2.35. The number of piperazine rings is 1. The van der Waals surface area contributed by atoms with Crippen molar-refractivity contribution in [1.82, 2.24) is 23.7 Å². The average molecular weight is 596 g/mol. The molecule has 2 aromatic heterocycles. The molecule has 0 aliphatic carbocycles. The lowest BCUT2D eigenvalue weighted by atomic mass is 10.0. The number of halogens is 2. The summed E-state index contributed by atoms with van der Waals surface area (Å²) >= 11 is 6.55. The second-order valence-corrected chi connectivity index (χ2v) is 12.8. The molecule has 216 valence electrons. The number of piperidine rings is 1. The van der Waals surface area contributed by atoms with Gasteiger partial charge in [-0.25, -0.2) is 18.6 Å². The van der Waals surface area contributed by atoms with E-state index in [1.807, 2.05) is 49.5 Å². The second kappa shape index (κ2) is 12.1. The molecule has 1 unspecified atom stereocenters. The number of hydrogen-bond acceptors (Lipinski definition) is 7. The van der Waals surface area contributed by atoms with Crippen molar-refractivity contribution in [2.75, 3.05) is 62.3 Å². The molecule has 0 bridgehead atoms. The minimum atomic E-state index is -1.21. The predicted octanol–water partition coefficient (Wildman–Crippen LogP) is 5.38. The van der Waals surface area contributed by atoms with Gasteiger partial charge in [-0.1, -0.05) is 36.7 Å². The minimum Gasteiger partial charge on any atom is -0.369 e. The van der Waals surface area contributed by atoms with E-state index in [1.165, 1.54) is 12.3 Å². The summed E-state index contributed by atoms with van der Waals surface area (Å²) in [6.45, 7) is 8.04. The van der Waals surface area contributed by atoms with Crippen molar-refractivity contribution in [1.29, 1.82) is 0 Å². The first-order valence-corrected chi connectivity index (χ1v) is 15.8. The fraction of sp³-hybridized carbons (Fsp3) is 0.400. The van der Waals surface area contributed by atoms with Gasteiger partial charge in [-0.15, -0.1) is 0 Å². The fourth-order valence-electron chi connectivity index (χ4n) is 5.89. The number of anilines is 3. The Bertz CT molecular complexity index is 1560. The molecule has 2 aliphatic heterocycles. The zero-order valence-corrected chi connectivity index (χ0v) is 25.0. The number of likely N-dealkylation sites (N-methyl/N-ethyl adjacent to an activating group) is 1. The molecule has 0 amide bonds.